The summed E-state index contributed by atoms with van der Waals surface area (Å²) in [5.41, 5.74) is 0. The summed E-state index contributed by atoms with van der Waals surface area (Å²) in [7, 11) is 4.02. The van der Waals surface area contributed by atoms with Crippen LogP contribution in [0, 0.1) is 0 Å². The van der Waals surface area contributed by atoms with Crippen LogP contribution in [-0.2, 0) is 19.0 Å². The summed E-state index contributed by atoms with van der Waals surface area (Å²) < 4.78 is 16.0. The zero-order valence-corrected chi connectivity index (χ0v) is 14.4. The highest BCUT2D eigenvalue weighted by molar-refractivity contribution is 5.64. The van der Waals surface area contributed by atoms with Gasteiger partial charge in [0.1, 0.15) is 6.54 Å². The average molecular weight is 307 g/mol. The van der Waals surface area contributed by atoms with Crippen LogP contribution in [0.2, 0.25) is 0 Å². The zero-order valence-electron chi connectivity index (χ0n) is 14.4. The predicted octanol–water partition coefficient (Wildman–Crippen LogP) is 0.299. The molecule has 0 saturated carbocycles. The minimum Gasteiger partial charge on any atom is -0.550 e. The fraction of sp³-hybridized carbons (Fsp3) is 0.933. The largest absolute Gasteiger partial charge is 0.550 e. The van der Waals surface area contributed by atoms with Gasteiger partial charge >= 0.3 is 0 Å². The van der Waals surface area contributed by atoms with Crippen LogP contribution in [0.25, 0.3) is 0 Å². The highest BCUT2D eigenvalue weighted by Crippen LogP contribution is 1.99. The van der Waals surface area contributed by atoms with Crippen molar-refractivity contribution in [3.05, 3.63) is 0 Å². The van der Waals surface area contributed by atoms with Gasteiger partial charge in [0.2, 0.25) is 0 Å². The van der Waals surface area contributed by atoms with E-state index < -0.39 is 5.97 Å². The molecule has 0 spiro atoms. The number of likely N-dealkylation sites (N-methyl/N-ethyl adjacent to an activating group) is 1. The third kappa shape index (κ3) is 17.3. The summed E-state index contributed by atoms with van der Waals surface area (Å²) in [5, 5.41) is 9.87. The predicted molar refractivity (Wildman–Crippen MR) is 80.9 cm³/mol. The average Bonchev–Trinajstić information content (AvgIpc) is 2.49. The summed E-state index contributed by atoms with van der Waals surface area (Å²) in [6, 6.07) is 0. The van der Waals surface area contributed by atoms with E-state index in [1.54, 1.807) is 7.11 Å². The Bertz CT molecular complexity index is 232. The summed E-state index contributed by atoms with van der Waals surface area (Å²) in [6.07, 6.45) is -0.0495. The molecular weight excluding hydrogens is 274 g/mol. The molecule has 6 heteroatoms. The lowest BCUT2D eigenvalue weighted by Crippen LogP contribution is -2.45. The van der Waals surface area contributed by atoms with Gasteiger partial charge in [-0.25, -0.2) is 0 Å². The van der Waals surface area contributed by atoms with Gasteiger partial charge in [0.05, 0.1) is 46.6 Å². The molecule has 0 heterocycles. The first-order valence-electron chi connectivity index (χ1n) is 7.63. The molecular formula is C15H33NO5. The highest BCUT2D eigenvalue weighted by atomic mass is 16.5. The first-order chi connectivity index (χ1) is 9.95. The number of aliphatic carboxylic acids is 1. The van der Waals surface area contributed by atoms with E-state index in [0.29, 0.717) is 19.8 Å². The number of nitrogens with zero attached hydrogens (tertiary/aromatic N) is 1. The Hall–Kier alpha value is -0.690. The SMILES string of the molecule is CCOCCOCCC(=O)[O-].CC[N+](C)(CC)CCOC. The number of hydrogen-bond acceptors (Lipinski definition) is 5. The number of hydrogen-bond donors (Lipinski definition) is 0. The summed E-state index contributed by atoms with van der Waals surface area (Å²) in [4.78, 5) is 9.87. The molecule has 0 rings (SSSR count). The van der Waals surface area contributed by atoms with Gasteiger partial charge in [-0.15, -0.1) is 0 Å². The van der Waals surface area contributed by atoms with Gasteiger partial charge in [-0.2, -0.15) is 0 Å². The van der Waals surface area contributed by atoms with Crippen molar-refractivity contribution in [1.29, 1.82) is 0 Å². The molecule has 0 fully saturated rings. The first kappa shape index (κ1) is 22.6. The molecule has 0 aliphatic heterocycles. The van der Waals surface area contributed by atoms with Gasteiger partial charge in [0, 0.05) is 26.1 Å². The van der Waals surface area contributed by atoms with Crippen molar-refractivity contribution in [3.8, 4) is 0 Å². The van der Waals surface area contributed by atoms with Gasteiger partial charge in [-0.1, -0.05) is 0 Å². The van der Waals surface area contributed by atoms with Crippen molar-refractivity contribution < 1.29 is 28.6 Å². The summed E-state index contributed by atoms with van der Waals surface area (Å²) >= 11 is 0. The van der Waals surface area contributed by atoms with Crippen molar-refractivity contribution >= 4 is 5.97 Å². The first-order valence-corrected chi connectivity index (χ1v) is 7.63. The summed E-state index contributed by atoms with van der Waals surface area (Å²) in [6.45, 7) is 12.5. The lowest BCUT2D eigenvalue weighted by Gasteiger charge is -2.31. The normalized spacial score (nSPS) is 10.9. The molecule has 0 aliphatic rings. The lowest BCUT2D eigenvalue weighted by molar-refractivity contribution is -0.906. The van der Waals surface area contributed by atoms with Crippen molar-refractivity contribution in [2.75, 3.05) is 66.8 Å². The maximum absolute atomic E-state index is 9.87. The highest BCUT2D eigenvalue weighted by Gasteiger charge is 2.14. The molecule has 0 atom stereocenters. The molecule has 0 aromatic heterocycles. The fourth-order valence-electron chi connectivity index (χ4n) is 1.37. The van der Waals surface area contributed by atoms with Crippen LogP contribution in [0.4, 0.5) is 0 Å². The monoisotopic (exact) mass is 307 g/mol. The molecule has 0 N–H and O–H groups in total. The van der Waals surface area contributed by atoms with E-state index in [1.165, 1.54) is 13.1 Å². The molecule has 0 radical (unpaired) electrons. The molecule has 0 bridgehead atoms. The van der Waals surface area contributed by atoms with Crippen molar-refractivity contribution in [3.63, 3.8) is 0 Å². The van der Waals surface area contributed by atoms with Crippen molar-refractivity contribution in [2.45, 2.75) is 27.2 Å². The third-order valence-corrected chi connectivity index (χ3v) is 3.39. The molecule has 0 unspecified atom stereocenters. The molecule has 0 aliphatic carbocycles. The third-order valence-electron chi connectivity index (χ3n) is 3.39. The Morgan fingerprint density at radius 1 is 1.00 bits per heavy atom. The van der Waals surface area contributed by atoms with E-state index >= 15 is 0 Å². The second-order valence-corrected chi connectivity index (χ2v) is 4.90. The molecule has 21 heavy (non-hydrogen) atoms. The van der Waals surface area contributed by atoms with Crippen LogP contribution in [-0.4, -0.2) is 77.3 Å². The van der Waals surface area contributed by atoms with E-state index in [4.69, 9.17) is 14.2 Å². The van der Waals surface area contributed by atoms with E-state index in [0.717, 1.165) is 17.6 Å². The quantitative estimate of drug-likeness (QED) is 0.383. The molecule has 128 valence electrons. The maximum Gasteiger partial charge on any atom is 0.102 e. The summed E-state index contributed by atoms with van der Waals surface area (Å²) in [5.74, 6) is -1.08. The second kappa shape index (κ2) is 15.7. The van der Waals surface area contributed by atoms with Crippen LogP contribution < -0.4 is 5.11 Å². The Kier molecular flexibility index (Phi) is 16.9. The number of carboxylic acid groups (broad SMARTS) is 1. The van der Waals surface area contributed by atoms with Gasteiger partial charge in [-0.3, -0.25) is 0 Å². The Labute approximate surface area is 129 Å². The number of quaternary nitrogens is 1. The standard InChI is InChI=1S/C8H20NO.C7H14O4/c1-5-9(3,6-2)7-8-10-4;1-2-10-5-6-11-4-3-7(8)9/h5-8H2,1-4H3;2-6H2,1H3,(H,8,9)/q+1;/p-1. The number of carbonyl (C=O) groups is 1. The van der Waals surface area contributed by atoms with Crippen LogP contribution >= 0.6 is 0 Å². The van der Waals surface area contributed by atoms with E-state index in [-0.39, 0.29) is 13.0 Å². The lowest BCUT2D eigenvalue weighted by atomic mass is 10.4. The Morgan fingerprint density at radius 3 is 2.00 bits per heavy atom. The molecule has 6 nitrogen and oxygen atoms in total. The van der Waals surface area contributed by atoms with Crippen molar-refractivity contribution in [2.24, 2.45) is 0 Å². The number of ether oxygens (including phenoxy) is 3. The minimum atomic E-state index is -1.08. The maximum atomic E-state index is 9.87. The topological polar surface area (TPSA) is 67.8 Å². The Balaban J connectivity index is 0. The van der Waals surface area contributed by atoms with Gasteiger partial charge in [0.25, 0.3) is 0 Å². The number of methoxy groups -OCH3 is 1. The van der Waals surface area contributed by atoms with Crippen LogP contribution in [0.5, 0.6) is 0 Å². The van der Waals surface area contributed by atoms with Gasteiger partial charge in [0.15, 0.2) is 0 Å². The minimum absolute atomic E-state index is 0.0495. The van der Waals surface area contributed by atoms with E-state index in [2.05, 4.69) is 20.9 Å². The molecule has 0 aromatic rings. The molecule has 0 saturated heterocycles. The number of carboxylic acids is 1. The molecule has 0 amide bonds. The second-order valence-electron chi connectivity index (χ2n) is 4.90. The van der Waals surface area contributed by atoms with Gasteiger partial charge < -0.3 is 28.6 Å². The van der Waals surface area contributed by atoms with Crippen LogP contribution in [0.1, 0.15) is 27.2 Å². The smallest absolute Gasteiger partial charge is 0.102 e. The zero-order chi connectivity index (χ0) is 16.6. The Morgan fingerprint density at radius 2 is 1.57 bits per heavy atom. The fourth-order valence-corrected chi connectivity index (χ4v) is 1.37. The van der Waals surface area contributed by atoms with Crippen LogP contribution in [0.15, 0.2) is 0 Å². The van der Waals surface area contributed by atoms with E-state index in [1.807, 2.05) is 6.92 Å². The number of carbonyl (C=O) groups excluding carboxylic acids is 1. The number of rotatable bonds is 12. The van der Waals surface area contributed by atoms with Crippen molar-refractivity contribution in [1.82, 2.24) is 0 Å². The van der Waals surface area contributed by atoms with Crippen LogP contribution in [0.3, 0.4) is 0 Å². The molecule has 0 aromatic carbocycles. The van der Waals surface area contributed by atoms with Gasteiger partial charge in [-0.05, 0) is 20.8 Å². The van der Waals surface area contributed by atoms with E-state index in [9.17, 15) is 9.90 Å².